The van der Waals surface area contributed by atoms with Crippen molar-refractivity contribution >= 4 is 17.7 Å². The molecule has 0 radical (unpaired) electrons. The lowest BCUT2D eigenvalue weighted by molar-refractivity contribution is -0.120. The Morgan fingerprint density at radius 2 is 1.41 bits per heavy atom. The number of halogens is 1. The lowest BCUT2D eigenvalue weighted by Gasteiger charge is -2.14. The molecule has 0 saturated carbocycles. The molecule has 0 unspecified atom stereocenters. The molecule has 0 spiro atoms. The third-order valence-electron chi connectivity index (χ3n) is 3.76. The van der Waals surface area contributed by atoms with Crippen molar-refractivity contribution in [1.82, 2.24) is 16.2 Å². The number of ether oxygens (including phenoxy) is 3. The van der Waals surface area contributed by atoms with E-state index in [9.17, 15) is 18.8 Å². The number of hydrazine groups is 1. The topological polar surface area (TPSA) is 115 Å². The van der Waals surface area contributed by atoms with Crippen LogP contribution >= 0.6 is 0 Å². The van der Waals surface area contributed by atoms with Crippen LogP contribution in [0.1, 0.15) is 20.7 Å². The maximum Gasteiger partial charge on any atom is 0.269 e. The lowest BCUT2D eigenvalue weighted by atomic mass is 10.1. The first-order valence-corrected chi connectivity index (χ1v) is 8.32. The molecule has 0 aliphatic rings. The van der Waals surface area contributed by atoms with Crippen LogP contribution in [0.3, 0.4) is 0 Å². The summed E-state index contributed by atoms with van der Waals surface area (Å²) in [5, 5.41) is 2.35. The van der Waals surface area contributed by atoms with E-state index in [2.05, 4.69) is 16.2 Å². The minimum atomic E-state index is -0.666. The van der Waals surface area contributed by atoms with Crippen LogP contribution in [0, 0.1) is 5.82 Å². The molecule has 3 N–H and O–H groups in total. The van der Waals surface area contributed by atoms with Gasteiger partial charge in [-0.1, -0.05) is 0 Å². The molecule has 0 saturated heterocycles. The molecule has 154 valence electrons. The van der Waals surface area contributed by atoms with Crippen LogP contribution in [0.4, 0.5) is 4.39 Å². The molecule has 10 heteroatoms. The van der Waals surface area contributed by atoms with E-state index in [4.69, 9.17) is 14.2 Å². The highest BCUT2D eigenvalue weighted by Crippen LogP contribution is 2.38. The molecule has 0 bridgehead atoms. The zero-order chi connectivity index (χ0) is 21.4. The van der Waals surface area contributed by atoms with E-state index >= 15 is 0 Å². The summed E-state index contributed by atoms with van der Waals surface area (Å²) in [7, 11) is 4.25. The quantitative estimate of drug-likeness (QED) is 0.593. The predicted molar refractivity (Wildman–Crippen MR) is 100 cm³/mol. The molecule has 0 aromatic heterocycles. The first-order valence-electron chi connectivity index (χ1n) is 8.32. The van der Waals surface area contributed by atoms with Crippen molar-refractivity contribution in [3.8, 4) is 17.2 Å². The van der Waals surface area contributed by atoms with Gasteiger partial charge in [0.25, 0.3) is 17.7 Å². The molecule has 2 rings (SSSR count). The molecule has 3 amide bonds. The van der Waals surface area contributed by atoms with Crippen molar-refractivity contribution in [3.63, 3.8) is 0 Å². The Bertz CT molecular complexity index is 876. The molecular formula is C19H20FN3O6. The van der Waals surface area contributed by atoms with Gasteiger partial charge in [-0.3, -0.25) is 25.2 Å². The van der Waals surface area contributed by atoms with Gasteiger partial charge in [-0.15, -0.1) is 0 Å². The Morgan fingerprint density at radius 1 is 0.828 bits per heavy atom. The number of benzene rings is 2. The predicted octanol–water partition coefficient (Wildman–Crippen LogP) is 1.04. The van der Waals surface area contributed by atoms with E-state index < -0.39 is 30.1 Å². The van der Waals surface area contributed by atoms with Gasteiger partial charge < -0.3 is 19.5 Å². The first kappa shape index (κ1) is 21.5. The monoisotopic (exact) mass is 405 g/mol. The van der Waals surface area contributed by atoms with Crippen molar-refractivity contribution in [2.24, 2.45) is 0 Å². The van der Waals surface area contributed by atoms with Crippen LogP contribution < -0.4 is 30.4 Å². The van der Waals surface area contributed by atoms with Crippen molar-refractivity contribution in [3.05, 3.63) is 53.3 Å². The van der Waals surface area contributed by atoms with Crippen molar-refractivity contribution in [2.45, 2.75) is 0 Å². The number of hydrogen-bond donors (Lipinski definition) is 3. The van der Waals surface area contributed by atoms with Crippen LogP contribution in [-0.2, 0) is 4.79 Å². The molecule has 0 aliphatic heterocycles. The number of methoxy groups -OCH3 is 3. The summed E-state index contributed by atoms with van der Waals surface area (Å²) in [4.78, 5) is 36.0. The van der Waals surface area contributed by atoms with Gasteiger partial charge in [-0.25, -0.2) is 4.39 Å². The van der Waals surface area contributed by atoms with Crippen molar-refractivity contribution in [1.29, 1.82) is 0 Å². The molecule has 0 heterocycles. The summed E-state index contributed by atoms with van der Waals surface area (Å²) < 4.78 is 28.4. The Balaban J connectivity index is 1.92. The Morgan fingerprint density at radius 3 is 1.93 bits per heavy atom. The van der Waals surface area contributed by atoms with Gasteiger partial charge in [0.2, 0.25) is 5.75 Å². The molecule has 2 aromatic carbocycles. The number of rotatable bonds is 7. The van der Waals surface area contributed by atoms with Crippen LogP contribution in [-0.4, -0.2) is 45.6 Å². The van der Waals surface area contributed by atoms with Crippen LogP contribution in [0.15, 0.2) is 36.4 Å². The van der Waals surface area contributed by atoms with Crippen LogP contribution in [0.25, 0.3) is 0 Å². The smallest absolute Gasteiger partial charge is 0.269 e. The molecule has 29 heavy (non-hydrogen) atoms. The van der Waals surface area contributed by atoms with E-state index in [1.165, 1.54) is 45.6 Å². The summed E-state index contributed by atoms with van der Waals surface area (Å²) >= 11 is 0. The van der Waals surface area contributed by atoms with E-state index in [0.717, 1.165) is 12.1 Å². The van der Waals surface area contributed by atoms with Gasteiger partial charge in [0.15, 0.2) is 11.5 Å². The highest BCUT2D eigenvalue weighted by Gasteiger charge is 2.17. The second-order valence-electron chi connectivity index (χ2n) is 5.61. The Labute approximate surface area is 166 Å². The summed E-state index contributed by atoms with van der Waals surface area (Å²) in [6, 6.07) is 7.67. The summed E-state index contributed by atoms with van der Waals surface area (Å²) in [5.41, 5.74) is 4.74. The van der Waals surface area contributed by atoms with Crippen molar-refractivity contribution in [2.75, 3.05) is 27.9 Å². The second kappa shape index (κ2) is 9.93. The van der Waals surface area contributed by atoms with E-state index in [1.54, 1.807) is 0 Å². The zero-order valence-electron chi connectivity index (χ0n) is 16.0. The van der Waals surface area contributed by atoms with Crippen LogP contribution in [0.5, 0.6) is 17.2 Å². The van der Waals surface area contributed by atoms with Gasteiger partial charge >= 0.3 is 0 Å². The molecule has 0 aliphatic carbocycles. The standard InChI is InChI=1S/C19H20FN3O6/c1-27-14-8-12(9-15(28-2)17(14)29-3)19(26)23-22-16(24)10-21-18(25)11-4-6-13(20)7-5-11/h4-9H,10H2,1-3H3,(H,21,25)(H,22,24)(H,23,26). The third kappa shape index (κ3) is 5.58. The van der Waals surface area contributed by atoms with Gasteiger partial charge in [0.05, 0.1) is 27.9 Å². The maximum atomic E-state index is 12.9. The summed E-state index contributed by atoms with van der Waals surface area (Å²) in [6.45, 7) is -0.397. The number of amides is 3. The molecule has 9 nitrogen and oxygen atoms in total. The average Bonchev–Trinajstić information content (AvgIpc) is 2.74. The van der Waals surface area contributed by atoms with Gasteiger partial charge in [0, 0.05) is 11.1 Å². The normalized spacial score (nSPS) is 9.93. The highest BCUT2D eigenvalue weighted by atomic mass is 19.1. The summed E-state index contributed by atoms with van der Waals surface area (Å²) in [6.07, 6.45) is 0. The molecular weight excluding hydrogens is 385 g/mol. The van der Waals surface area contributed by atoms with E-state index in [1.807, 2.05) is 0 Å². The SMILES string of the molecule is COc1cc(C(=O)NNC(=O)CNC(=O)c2ccc(F)cc2)cc(OC)c1OC. The summed E-state index contributed by atoms with van der Waals surface area (Å²) in [5.74, 6) is -1.47. The Hall–Kier alpha value is -3.82. The van der Waals surface area contributed by atoms with Gasteiger partial charge in [-0.2, -0.15) is 0 Å². The fraction of sp³-hybridized carbons (Fsp3) is 0.211. The zero-order valence-corrected chi connectivity index (χ0v) is 16.0. The average molecular weight is 405 g/mol. The largest absolute Gasteiger partial charge is 0.493 e. The maximum absolute atomic E-state index is 12.9. The fourth-order valence-corrected chi connectivity index (χ4v) is 2.32. The minimum Gasteiger partial charge on any atom is -0.493 e. The fourth-order valence-electron chi connectivity index (χ4n) is 2.32. The Kier molecular flexibility index (Phi) is 7.35. The molecule has 0 atom stereocenters. The minimum absolute atomic E-state index is 0.148. The van der Waals surface area contributed by atoms with Crippen LogP contribution in [0.2, 0.25) is 0 Å². The van der Waals surface area contributed by atoms with Crippen molar-refractivity contribution < 1.29 is 33.0 Å². The number of hydrogen-bond acceptors (Lipinski definition) is 6. The van der Waals surface area contributed by atoms with E-state index in [0.29, 0.717) is 5.75 Å². The van der Waals surface area contributed by atoms with Gasteiger partial charge in [0.1, 0.15) is 5.82 Å². The van der Waals surface area contributed by atoms with Gasteiger partial charge in [-0.05, 0) is 36.4 Å². The third-order valence-corrected chi connectivity index (χ3v) is 3.76. The molecule has 2 aromatic rings. The number of carbonyl (C=O) groups is 3. The second-order valence-corrected chi connectivity index (χ2v) is 5.61. The highest BCUT2D eigenvalue weighted by molar-refractivity contribution is 5.98. The number of carbonyl (C=O) groups excluding carboxylic acids is 3. The van der Waals surface area contributed by atoms with E-state index in [-0.39, 0.29) is 22.6 Å². The first-order chi connectivity index (χ1) is 13.9. The number of nitrogens with one attached hydrogen (secondary N) is 3. The molecule has 0 fully saturated rings. The lowest BCUT2D eigenvalue weighted by Crippen LogP contribution is -2.46.